The first kappa shape index (κ1) is 12.6. The summed E-state index contributed by atoms with van der Waals surface area (Å²) in [5, 5.41) is 4.35. The molecule has 0 radical (unpaired) electrons. The zero-order valence-electron chi connectivity index (χ0n) is 11.3. The van der Waals surface area contributed by atoms with Gasteiger partial charge in [-0.25, -0.2) is 4.79 Å². The number of rotatable bonds is 0. The Morgan fingerprint density at radius 3 is 2.59 bits per heavy atom. The number of carbonyl (C=O) groups is 3. The molecule has 3 aliphatic heterocycles. The third-order valence-corrected chi connectivity index (χ3v) is 4.10. The van der Waals surface area contributed by atoms with Crippen LogP contribution in [0.25, 0.3) is 0 Å². The van der Waals surface area contributed by atoms with E-state index in [4.69, 9.17) is 4.74 Å². The molecule has 4 rings (SSSR count). The second kappa shape index (κ2) is 4.20. The van der Waals surface area contributed by atoms with Gasteiger partial charge in [0.15, 0.2) is 5.41 Å². The summed E-state index contributed by atoms with van der Waals surface area (Å²) in [6, 6.07) is 6.67. The van der Waals surface area contributed by atoms with E-state index in [2.05, 4.69) is 10.6 Å². The number of ether oxygens (including phenoxy) is 1. The molecule has 0 bridgehead atoms. The predicted octanol–water partition coefficient (Wildman–Crippen LogP) is 0.744. The Bertz CT molecular complexity index is 761. The molecule has 0 aromatic heterocycles. The summed E-state index contributed by atoms with van der Waals surface area (Å²) in [5.74, 6) is -1.29. The van der Waals surface area contributed by atoms with Gasteiger partial charge in [-0.15, -0.1) is 0 Å². The number of para-hydroxylation sites is 1. The van der Waals surface area contributed by atoms with Crippen molar-refractivity contribution in [3.63, 3.8) is 0 Å². The fraction of sp³-hybridized carbons (Fsp3) is 0.133. The minimum atomic E-state index is -1.52. The smallest absolute Gasteiger partial charge is 0.328 e. The first-order chi connectivity index (χ1) is 10.6. The molecule has 1 saturated heterocycles. The second-order valence-corrected chi connectivity index (χ2v) is 5.24. The second-order valence-electron chi connectivity index (χ2n) is 5.24. The number of barbiturate groups is 1. The van der Waals surface area contributed by atoms with Crippen LogP contribution < -0.4 is 15.5 Å². The Balaban J connectivity index is 1.94. The van der Waals surface area contributed by atoms with Crippen molar-refractivity contribution in [2.45, 2.75) is 6.42 Å². The molecule has 3 heterocycles. The van der Waals surface area contributed by atoms with Gasteiger partial charge >= 0.3 is 6.03 Å². The number of urea groups is 1. The number of anilines is 1. The number of hydrogen-bond donors (Lipinski definition) is 2. The summed E-state index contributed by atoms with van der Waals surface area (Å²) in [5.41, 5.74) is 0.575. The monoisotopic (exact) mass is 297 g/mol. The zero-order valence-corrected chi connectivity index (χ0v) is 11.3. The van der Waals surface area contributed by atoms with E-state index in [0.717, 1.165) is 11.3 Å². The maximum Gasteiger partial charge on any atom is 0.328 e. The largest absolute Gasteiger partial charge is 0.469 e. The Morgan fingerprint density at radius 2 is 1.82 bits per heavy atom. The van der Waals surface area contributed by atoms with Gasteiger partial charge in [-0.3, -0.25) is 20.2 Å². The highest BCUT2D eigenvalue weighted by atomic mass is 16.5. The Kier molecular flexibility index (Phi) is 2.41. The summed E-state index contributed by atoms with van der Waals surface area (Å²) in [6.07, 6.45) is 4.63. The first-order valence-corrected chi connectivity index (χ1v) is 6.70. The lowest BCUT2D eigenvalue weighted by Gasteiger charge is -2.44. The standard InChI is InChI=1S/C15H11N3O4/c19-12-15(13(20)17-14(21)16-12)7-9-3-1-2-4-10(9)18-5-6-22-8-11(15)18/h1-6,8H,7H2,(H2,16,17,19,20,21). The molecule has 1 aromatic rings. The van der Waals surface area contributed by atoms with Crippen molar-refractivity contribution >= 4 is 23.5 Å². The molecule has 1 spiro atoms. The van der Waals surface area contributed by atoms with Crippen LogP contribution in [0, 0.1) is 5.41 Å². The summed E-state index contributed by atoms with van der Waals surface area (Å²) in [7, 11) is 0. The third-order valence-electron chi connectivity index (χ3n) is 4.10. The van der Waals surface area contributed by atoms with Gasteiger partial charge in [0.1, 0.15) is 12.5 Å². The third kappa shape index (κ3) is 1.47. The van der Waals surface area contributed by atoms with E-state index < -0.39 is 23.3 Å². The van der Waals surface area contributed by atoms with Crippen LogP contribution in [0.2, 0.25) is 0 Å². The van der Waals surface area contributed by atoms with Crippen molar-refractivity contribution in [2.75, 3.05) is 4.90 Å². The quantitative estimate of drug-likeness (QED) is 0.690. The van der Waals surface area contributed by atoms with Crippen molar-refractivity contribution in [2.24, 2.45) is 5.41 Å². The van der Waals surface area contributed by atoms with Crippen molar-refractivity contribution in [1.82, 2.24) is 10.6 Å². The number of nitrogens with one attached hydrogen (secondary N) is 2. The molecular weight excluding hydrogens is 286 g/mol. The van der Waals surface area contributed by atoms with Gasteiger partial charge in [0.2, 0.25) is 11.8 Å². The van der Waals surface area contributed by atoms with Crippen LogP contribution in [0.15, 0.2) is 48.7 Å². The molecule has 7 nitrogen and oxygen atoms in total. The molecule has 110 valence electrons. The summed E-state index contributed by atoms with van der Waals surface area (Å²) < 4.78 is 5.18. The van der Waals surface area contributed by atoms with Crippen LogP contribution in [0.1, 0.15) is 5.56 Å². The number of fused-ring (bicyclic) bond motifs is 4. The molecule has 3 aliphatic rings. The van der Waals surface area contributed by atoms with E-state index >= 15 is 0 Å². The molecule has 22 heavy (non-hydrogen) atoms. The maximum atomic E-state index is 12.5. The highest BCUT2D eigenvalue weighted by Crippen LogP contribution is 2.46. The molecule has 0 atom stereocenters. The average Bonchev–Trinajstić information content (AvgIpc) is 2.52. The van der Waals surface area contributed by atoms with Gasteiger partial charge in [-0.05, 0) is 11.6 Å². The van der Waals surface area contributed by atoms with Crippen molar-refractivity contribution in [1.29, 1.82) is 0 Å². The van der Waals surface area contributed by atoms with Gasteiger partial charge in [-0.2, -0.15) is 0 Å². The van der Waals surface area contributed by atoms with Crippen LogP contribution in [0.3, 0.4) is 0 Å². The molecule has 0 saturated carbocycles. The van der Waals surface area contributed by atoms with E-state index in [1.807, 2.05) is 24.3 Å². The lowest BCUT2D eigenvalue weighted by Crippen LogP contribution is -2.66. The number of amides is 4. The van der Waals surface area contributed by atoms with Crippen LogP contribution >= 0.6 is 0 Å². The highest BCUT2D eigenvalue weighted by Gasteiger charge is 2.57. The van der Waals surface area contributed by atoms with E-state index in [0.29, 0.717) is 5.70 Å². The Hall–Kier alpha value is -3.09. The van der Waals surface area contributed by atoms with Crippen molar-refractivity contribution in [3.8, 4) is 0 Å². The Labute approximate surface area is 125 Å². The topological polar surface area (TPSA) is 87.7 Å². The molecule has 4 amide bonds. The highest BCUT2D eigenvalue weighted by molar-refractivity contribution is 6.22. The van der Waals surface area contributed by atoms with Crippen LogP contribution in [-0.4, -0.2) is 17.8 Å². The Morgan fingerprint density at radius 1 is 1.09 bits per heavy atom. The molecule has 0 unspecified atom stereocenters. The molecule has 0 aliphatic carbocycles. The summed E-state index contributed by atoms with van der Waals surface area (Å²) in [4.78, 5) is 38.1. The maximum absolute atomic E-state index is 12.5. The van der Waals surface area contributed by atoms with Gasteiger partial charge in [0.05, 0.1) is 5.70 Å². The van der Waals surface area contributed by atoms with Crippen LogP contribution in [0.5, 0.6) is 0 Å². The van der Waals surface area contributed by atoms with Crippen molar-refractivity contribution in [3.05, 3.63) is 54.3 Å². The summed E-state index contributed by atoms with van der Waals surface area (Å²) in [6.45, 7) is 0. The normalized spacial score (nSPS) is 21.4. The molecule has 1 aromatic carbocycles. The number of imide groups is 2. The molecular formula is C15H11N3O4. The molecule has 7 heteroatoms. The van der Waals surface area contributed by atoms with Crippen molar-refractivity contribution < 1.29 is 19.1 Å². The number of benzene rings is 1. The first-order valence-electron chi connectivity index (χ1n) is 6.70. The summed E-state index contributed by atoms with van der Waals surface area (Å²) >= 11 is 0. The molecule has 2 N–H and O–H groups in total. The van der Waals surface area contributed by atoms with E-state index in [1.165, 1.54) is 12.5 Å². The zero-order chi connectivity index (χ0) is 15.3. The SMILES string of the molecule is O=C1NC(=O)C2(Cc3ccccc3N3C=COC=C32)C(=O)N1. The fourth-order valence-corrected chi connectivity index (χ4v) is 3.07. The van der Waals surface area contributed by atoms with Gasteiger partial charge in [-0.1, -0.05) is 18.2 Å². The lowest BCUT2D eigenvalue weighted by molar-refractivity contribution is -0.142. The van der Waals surface area contributed by atoms with Crippen LogP contribution in [-0.2, 0) is 20.7 Å². The number of hydrogen-bond acceptors (Lipinski definition) is 5. The minimum Gasteiger partial charge on any atom is -0.469 e. The predicted molar refractivity (Wildman–Crippen MR) is 75.0 cm³/mol. The fourth-order valence-electron chi connectivity index (χ4n) is 3.07. The van der Waals surface area contributed by atoms with Gasteiger partial charge in [0, 0.05) is 18.3 Å². The van der Waals surface area contributed by atoms with E-state index in [9.17, 15) is 14.4 Å². The lowest BCUT2D eigenvalue weighted by atomic mass is 9.72. The van der Waals surface area contributed by atoms with E-state index in [-0.39, 0.29) is 6.42 Å². The van der Waals surface area contributed by atoms with E-state index in [1.54, 1.807) is 11.1 Å². The number of carbonyl (C=O) groups excluding carboxylic acids is 3. The minimum absolute atomic E-state index is 0.160. The number of nitrogens with zero attached hydrogens (tertiary/aromatic N) is 1. The average molecular weight is 297 g/mol. The van der Waals surface area contributed by atoms with Gasteiger partial charge in [0.25, 0.3) is 0 Å². The van der Waals surface area contributed by atoms with Gasteiger partial charge < -0.3 is 9.64 Å². The molecule has 1 fully saturated rings. The van der Waals surface area contributed by atoms with Crippen LogP contribution in [0.4, 0.5) is 10.5 Å².